The van der Waals surface area contributed by atoms with E-state index in [0.29, 0.717) is 17.3 Å². The molecule has 0 aliphatic carbocycles. The van der Waals surface area contributed by atoms with Gasteiger partial charge in [-0.25, -0.2) is 0 Å². The molecule has 106 valence electrons. The summed E-state index contributed by atoms with van der Waals surface area (Å²) in [6.45, 7) is 2.97. The number of anilines is 1. The highest BCUT2D eigenvalue weighted by Gasteiger charge is 2.14. The molecule has 0 bridgehead atoms. The van der Waals surface area contributed by atoms with Crippen LogP contribution >= 0.6 is 11.8 Å². The van der Waals surface area contributed by atoms with E-state index in [1.807, 2.05) is 17.8 Å². The number of hydrogen-bond donors (Lipinski definition) is 2. The molecule has 1 rings (SSSR count). The fraction of sp³-hybridized carbons (Fsp3) is 0.500. The van der Waals surface area contributed by atoms with Crippen molar-refractivity contribution in [2.45, 2.75) is 25.9 Å². The molecule has 1 aromatic rings. The zero-order valence-electron chi connectivity index (χ0n) is 11.8. The van der Waals surface area contributed by atoms with Crippen LogP contribution in [-0.2, 0) is 6.54 Å². The van der Waals surface area contributed by atoms with Gasteiger partial charge in [-0.3, -0.25) is 9.69 Å². The molecule has 0 aliphatic rings. The van der Waals surface area contributed by atoms with Gasteiger partial charge in [-0.1, -0.05) is 13.0 Å². The first-order valence-corrected chi connectivity index (χ1v) is 7.76. The van der Waals surface area contributed by atoms with Crippen molar-refractivity contribution in [2.24, 2.45) is 5.73 Å². The van der Waals surface area contributed by atoms with Gasteiger partial charge in [0.25, 0.3) is 0 Å². The molecule has 0 fully saturated rings. The lowest BCUT2D eigenvalue weighted by Crippen LogP contribution is -2.32. The van der Waals surface area contributed by atoms with E-state index in [1.54, 1.807) is 12.1 Å². The van der Waals surface area contributed by atoms with Crippen LogP contribution in [0.4, 0.5) is 5.69 Å². The van der Waals surface area contributed by atoms with Gasteiger partial charge in [-0.05, 0) is 37.4 Å². The second-order valence-electron chi connectivity index (χ2n) is 4.71. The number of benzene rings is 1. The van der Waals surface area contributed by atoms with E-state index in [9.17, 15) is 4.79 Å². The summed E-state index contributed by atoms with van der Waals surface area (Å²) in [4.78, 5) is 13.4. The Kier molecular flexibility index (Phi) is 6.18. The molecule has 0 aromatic heterocycles. The van der Waals surface area contributed by atoms with Crippen LogP contribution in [-0.4, -0.2) is 35.9 Å². The van der Waals surface area contributed by atoms with Crippen LogP contribution in [0.15, 0.2) is 18.2 Å². The molecule has 0 saturated carbocycles. The number of rotatable bonds is 7. The van der Waals surface area contributed by atoms with E-state index in [-0.39, 0.29) is 0 Å². The number of nitrogens with two attached hydrogens (primary N) is 2. The molecule has 0 radical (unpaired) electrons. The van der Waals surface area contributed by atoms with Crippen LogP contribution in [0.25, 0.3) is 0 Å². The predicted molar refractivity (Wildman–Crippen MR) is 83.3 cm³/mol. The fourth-order valence-electron chi connectivity index (χ4n) is 2.04. The summed E-state index contributed by atoms with van der Waals surface area (Å²) in [6, 6.07) is 5.81. The third-order valence-corrected chi connectivity index (χ3v) is 4.02. The minimum atomic E-state index is -0.444. The first-order chi connectivity index (χ1) is 8.99. The van der Waals surface area contributed by atoms with E-state index < -0.39 is 5.91 Å². The molecule has 1 atom stereocenters. The highest BCUT2D eigenvalue weighted by atomic mass is 32.2. The Morgan fingerprint density at radius 3 is 2.63 bits per heavy atom. The number of thioether (sulfide) groups is 1. The third kappa shape index (κ3) is 4.44. The molecule has 0 heterocycles. The topological polar surface area (TPSA) is 72.3 Å². The number of hydrogen-bond acceptors (Lipinski definition) is 4. The molecule has 4 N–H and O–H groups in total. The summed E-state index contributed by atoms with van der Waals surface area (Å²) < 4.78 is 0. The van der Waals surface area contributed by atoms with E-state index in [1.165, 1.54) is 0 Å². The highest BCUT2D eigenvalue weighted by Crippen LogP contribution is 2.18. The molecule has 1 unspecified atom stereocenters. The highest BCUT2D eigenvalue weighted by molar-refractivity contribution is 7.98. The Hall–Kier alpha value is -1.20. The fourth-order valence-corrected chi connectivity index (χ4v) is 2.91. The standard InChI is InChI=1S/C14H23N3OS/c1-4-12(9-19-3)17(2)8-11-6-5-10(14(16)18)7-13(11)15/h5-7,12H,4,8-9,15H2,1-3H3,(H2,16,18). The van der Waals surface area contributed by atoms with E-state index in [0.717, 1.165) is 24.3 Å². The second kappa shape index (κ2) is 7.40. The minimum Gasteiger partial charge on any atom is -0.398 e. The average Bonchev–Trinajstić information content (AvgIpc) is 2.37. The van der Waals surface area contributed by atoms with Crippen LogP contribution in [0, 0.1) is 0 Å². The molecule has 5 heteroatoms. The Balaban J connectivity index is 2.79. The number of nitrogen functional groups attached to an aromatic ring is 1. The maximum absolute atomic E-state index is 11.1. The molecule has 0 aliphatic heterocycles. The minimum absolute atomic E-state index is 0.444. The molecular weight excluding hydrogens is 258 g/mol. The van der Waals surface area contributed by atoms with Crippen molar-refractivity contribution in [1.29, 1.82) is 0 Å². The molecule has 4 nitrogen and oxygen atoms in total. The lowest BCUT2D eigenvalue weighted by molar-refractivity contribution is 0.100. The number of nitrogens with zero attached hydrogens (tertiary/aromatic N) is 1. The monoisotopic (exact) mass is 281 g/mol. The summed E-state index contributed by atoms with van der Waals surface area (Å²) in [7, 11) is 2.10. The second-order valence-corrected chi connectivity index (χ2v) is 5.62. The van der Waals surface area contributed by atoms with Gasteiger partial charge in [0, 0.05) is 29.6 Å². The van der Waals surface area contributed by atoms with Crippen molar-refractivity contribution in [3.05, 3.63) is 29.3 Å². The molecule has 0 spiro atoms. The van der Waals surface area contributed by atoms with Gasteiger partial charge in [0.05, 0.1) is 0 Å². The molecule has 19 heavy (non-hydrogen) atoms. The number of carbonyl (C=O) groups excluding carboxylic acids is 1. The Morgan fingerprint density at radius 2 is 2.16 bits per heavy atom. The van der Waals surface area contributed by atoms with Crippen LogP contribution in [0.5, 0.6) is 0 Å². The first kappa shape index (κ1) is 15.9. The first-order valence-electron chi connectivity index (χ1n) is 6.37. The molecule has 1 amide bonds. The number of carbonyl (C=O) groups is 1. The summed E-state index contributed by atoms with van der Waals surface area (Å²) in [6.07, 6.45) is 3.23. The third-order valence-electron chi connectivity index (χ3n) is 3.30. The molecule has 0 saturated heterocycles. The van der Waals surface area contributed by atoms with Crippen LogP contribution in [0.3, 0.4) is 0 Å². The van der Waals surface area contributed by atoms with Crippen molar-refractivity contribution in [1.82, 2.24) is 4.90 Å². The number of amides is 1. The van der Waals surface area contributed by atoms with Gasteiger partial charge < -0.3 is 11.5 Å². The van der Waals surface area contributed by atoms with E-state index in [2.05, 4.69) is 25.1 Å². The van der Waals surface area contributed by atoms with Gasteiger partial charge >= 0.3 is 0 Å². The van der Waals surface area contributed by atoms with Gasteiger partial charge in [0.2, 0.25) is 5.91 Å². The SMILES string of the molecule is CCC(CSC)N(C)Cc1ccc(C(N)=O)cc1N. The zero-order valence-corrected chi connectivity index (χ0v) is 12.7. The molecule has 1 aromatic carbocycles. The summed E-state index contributed by atoms with van der Waals surface area (Å²) in [5.41, 5.74) is 13.3. The lowest BCUT2D eigenvalue weighted by Gasteiger charge is -2.27. The Morgan fingerprint density at radius 1 is 1.47 bits per heavy atom. The van der Waals surface area contributed by atoms with Crippen LogP contribution < -0.4 is 11.5 Å². The Bertz CT molecular complexity index is 437. The molecular formula is C14H23N3OS. The maximum Gasteiger partial charge on any atom is 0.248 e. The van der Waals surface area contributed by atoms with Crippen LogP contribution in [0.1, 0.15) is 29.3 Å². The summed E-state index contributed by atoms with van der Waals surface area (Å²) in [5, 5.41) is 0. The van der Waals surface area contributed by atoms with Gasteiger partial charge in [-0.2, -0.15) is 11.8 Å². The summed E-state index contributed by atoms with van der Waals surface area (Å²) in [5.74, 6) is 0.659. The van der Waals surface area contributed by atoms with Crippen molar-refractivity contribution in [3.8, 4) is 0 Å². The van der Waals surface area contributed by atoms with E-state index >= 15 is 0 Å². The number of primary amides is 1. The van der Waals surface area contributed by atoms with Crippen molar-refractivity contribution in [3.63, 3.8) is 0 Å². The van der Waals surface area contributed by atoms with Crippen molar-refractivity contribution >= 4 is 23.4 Å². The summed E-state index contributed by atoms with van der Waals surface area (Å²) >= 11 is 1.85. The van der Waals surface area contributed by atoms with Gasteiger partial charge in [0.15, 0.2) is 0 Å². The predicted octanol–water partition coefficient (Wildman–Crippen LogP) is 1.94. The average molecular weight is 281 g/mol. The Labute approximate surface area is 119 Å². The van der Waals surface area contributed by atoms with Crippen molar-refractivity contribution < 1.29 is 4.79 Å². The smallest absolute Gasteiger partial charge is 0.248 e. The lowest BCUT2D eigenvalue weighted by atomic mass is 10.1. The quantitative estimate of drug-likeness (QED) is 0.749. The van der Waals surface area contributed by atoms with Gasteiger partial charge in [-0.15, -0.1) is 0 Å². The largest absolute Gasteiger partial charge is 0.398 e. The maximum atomic E-state index is 11.1. The van der Waals surface area contributed by atoms with E-state index in [4.69, 9.17) is 11.5 Å². The van der Waals surface area contributed by atoms with Gasteiger partial charge in [0.1, 0.15) is 0 Å². The normalized spacial score (nSPS) is 12.6. The van der Waals surface area contributed by atoms with Crippen LogP contribution in [0.2, 0.25) is 0 Å². The zero-order chi connectivity index (χ0) is 14.4. The van der Waals surface area contributed by atoms with Crippen molar-refractivity contribution in [2.75, 3.05) is 24.8 Å².